The van der Waals surface area contributed by atoms with E-state index in [1.807, 2.05) is 11.3 Å². The van der Waals surface area contributed by atoms with Crippen molar-refractivity contribution in [1.82, 2.24) is 10.2 Å². The van der Waals surface area contributed by atoms with E-state index in [0.717, 1.165) is 19.5 Å². The summed E-state index contributed by atoms with van der Waals surface area (Å²) in [6.45, 7) is 4.48. The van der Waals surface area contributed by atoms with Crippen LogP contribution >= 0.6 is 27.3 Å². The summed E-state index contributed by atoms with van der Waals surface area (Å²) in [5.74, 6) is 0. The summed E-state index contributed by atoms with van der Waals surface area (Å²) in [5, 5.41) is 5.81. The third kappa shape index (κ3) is 6.55. The first-order valence-electron chi connectivity index (χ1n) is 6.22. The highest BCUT2D eigenvalue weighted by atomic mass is 79.9. The highest BCUT2D eigenvalue weighted by Crippen LogP contribution is 2.21. The monoisotopic (exact) mass is 318 g/mol. The van der Waals surface area contributed by atoms with Gasteiger partial charge in [-0.2, -0.15) is 0 Å². The number of rotatable bonds is 8. The van der Waals surface area contributed by atoms with Crippen LogP contribution in [0.15, 0.2) is 15.9 Å². The smallest absolute Gasteiger partial charge is 0.0285 e. The molecule has 0 spiro atoms. The van der Waals surface area contributed by atoms with Crippen LogP contribution in [-0.4, -0.2) is 38.1 Å². The van der Waals surface area contributed by atoms with Gasteiger partial charge in [0, 0.05) is 20.8 Å². The van der Waals surface area contributed by atoms with Gasteiger partial charge in [0.25, 0.3) is 0 Å². The molecule has 98 valence electrons. The second-order valence-corrected chi connectivity index (χ2v) is 6.59. The zero-order chi connectivity index (χ0) is 12.7. The van der Waals surface area contributed by atoms with Crippen LogP contribution in [0.25, 0.3) is 0 Å². The minimum atomic E-state index is 0.600. The van der Waals surface area contributed by atoms with Crippen molar-refractivity contribution < 1.29 is 0 Å². The molecule has 0 aliphatic heterocycles. The largest absolute Gasteiger partial charge is 0.314 e. The average Bonchev–Trinajstić information content (AvgIpc) is 2.68. The minimum Gasteiger partial charge on any atom is -0.314 e. The van der Waals surface area contributed by atoms with Gasteiger partial charge in [-0.25, -0.2) is 0 Å². The zero-order valence-electron chi connectivity index (χ0n) is 11.0. The van der Waals surface area contributed by atoms with Gasteiger partial charge in [-0.15, -0.1) is 11.3 Å². The van der Waals surface area contributed by atoms with Crippen LogP contribution in [0.1, 0.15) is 24.6 Å². The molecule has 1 atom stereocenters. The maximum Gasteiger partial charge on any atom is 0.0285 e. The Bertz CT molecular complexity index is 312. The van der Waals surface area contributed by atoms with Crippen LogP contribution in [0.4, 0.5) is 0 Å². The van der Waals surface area contributed by atoms with Crippen LogP contribution in [0.3, 0.4) is 0 Å². The number of halogens is 1. The SMILES string of the molecule is CCCNC(CCN(C)C)Cc1cc(Br)cs1. The first kappa shape index (κ1) is 15.2. The standard InChI is InChI=1S/C13H23BrN2S/c1-4-6-15-12(5-7-16(2)3)9-13-8-11(14)10-17-13/h8,10,12,15H,4-7,9H2,1-3H3. The molecule has 0 fully saturated rings. The van der Waals surface area contributed by atoms with Crippen molar-refractivity contribution in [1.29, 1.82) is 0 Å². The van der Waals surface area contributed by atoms with Crippen molar-refractivity contribution in [3.63, 3.8) is 0 Å². The molecule has 4 heteroatoms. The maximum absolute atomic E-state index is 3.65. The van der Waals surface area contributed by atoms with Gasteiger partial charge in [0.05, 0.1) is 0 Å². The van der Waals surface area contributed by atoms with E-state index in [1.165, 1.54) is 22.2 Å². The van der Waals surface area contributed by atoms with Crippen molar-refractivity contribution in [3.05, 3.63) is 20.8 Å². The Morgan fingerprint density at radius 1 is 1.47 bits per heavy atom. The zero-order valence-corrected chi connectivity index (χ0v) is 13.4. The lowest BCUT2D eigenvalue weighted by atomic mass is 10.1. The Labute approximate surface area is 118 Å². The summed E-state index contributed by atoms with van der Waals surface area (Å²) >= 11 is 5.36. The van der Waals surface area contributed by atoms with Crippen LogP contribution in [0.5, 0.6) is 0 Å². The quantitative estimate of drug-likeness (QED) is 0.790. The normalized spacial score (nSPS) is 13.2. The van der Waals surface area contributed by atoms with E-state index in [4.69, 9.17) is 0 Å². The molecule has 0 saturated heterocycles. The number of thiophene rings is 1. The molecule has 0 radical (unpaired) electrons. The highest BCUT2D eigenvalue weighted by molar-refractivity contribution is 9.10. The summed E-state index contributed by atoms with van der Waals surface area (Å²) < 4.78 is 1.21. The lowest BCUT2D eigenvalue weighted by Crippen LogP contribution is -2.34. The van der Waals surface area contributed by atoms with E-state index < -0.39 is 0 Å². The van der Waals surface area contributed by atoms with Gasteiger partial charge in [0.2, 0.25) is 0 Å². The van der Waals surface area contributed by atoms with Gasteiger partial charge in [-0.1, -0.05) is 6.92 Å². The summed E-state index contributed by atoms with van der Waals surface area (Å²) in [7, 11) is 4.28. The summed E-state index contributed by atoms with van der Waals surface area (Å²) in [5.41, 5.74) is 0. The van der Waals surface area contributed by atoms with E-state index in [9.17, 15) is 0 Å². The molecule has 1 heterocycles. The third-order valence-corrected chi connectivity index (χ3v) is 4.40. The van der Waals surface area contributed by atoms with Crippen molar-refractivity contribution >= 4 is 27.3 Å². The fourth-order valence-electron chi connectivity index (χ4n) is 1.74. The lowest BCUT2D eigenvalue weighted by Gasteiger charge is -2.20. The molecule has 0 aromatic carbocycles. The van der Waals surface area contributed by atoms with Crippen molar-refractivity contribution in [3.8, 4) is 0 Å². The molecule has 1 N–H and O–H groups in total. The average molecular weight is 319 g/mol. The fraction of sp³-hybridized carbons (Fsp3) is 0.692. The van der Waals surface area contributed by atoms with Crippen LogP contribution in [0, 0.1) is 0 Å². The predicted molar refractivity (Wildman–Crippen MR) is 81.0 cm³/mol. The molecule has 1 aromatic heterocycles. The second kappa shape index (κ2) is 8.25. The molecule has 2 nitrogen and oxygen atoms in total. The molecule has 0 amide bonds. The Hall–Kier alpha value is 0.1000. The molecule has 0 aliphatic carbocycles. The molecular formula is C13H23BrN2S. The van der Waals surface area contributed by atoms with E-state index in [0.29, 0.717) is 6.04 Å². The Balaban J connectivity index is 2.44. The molecule has 1 unspecified atom stereocenters. The maximum atomic E-state index is 3.65. The van der Waals surface area contributed by atoms with Crippen molar-refractivity contribution in [2.45, 2.75) is 32.2 Å². The molecular weight excluding hydrogens is 296 g/mol. The lowest BCUT2D eigenvalue weighted by molar-refractivity contribution is 0.357. The Kier molecular flexibility index (Phi) is 7.35. The number of hydrogen-bond acceptors (Lipinski definition) is 3. The Morgan fingerprint density at radius 2 is 2.24 bits per heavy atom. The van der Waals surface area contributed by atoms with Gasteiger partial charge in [-0.3, -0.25) is 0 Å². The number of nitrogens with one attached hydrogen (secondary N) is 1. The second-order valence-electron chi connectivity index (χ2n) is 4.68. The van der Waals surface area contributed by atoms with Crippen molar-refractivity contribution in [2.75, 3.05) is 27.2 Å². The van der Waals surface area contributed by atoms with Gasteiger partial charge in [-0.05, 0) is 68.4 Å². The first-order valence-corrected chi connectivity index (χ1v) is 7.90. The number of hydrogen-bond donors (Lipinski definition) is 1. The minimum absolute atomic E-state index is 0.600. The van der Waals surface area contributed by atoms with E-state index in [-0.39, 0.29) is 0 Å². The highest BCUT2D eigenvalue weighted by Gasteiger charge is 2.10. The molecule has 1 rings (SSSR count). The van der Waals surface area contributed by atoms with Gasteiger partial charge >= 0.3 is 0 Å². The molecule has 0 saturated carbocycles. The van der Waals surface area contributed by atoms with E-state index >= 15 is 0 Å². The molecule has 17 heavy (non-hydrogen) atoms. The van der Waals surface area contributed by atoms with Gasteiger partial charge < -0.3 is 10.2 Å². The molecule has 0 aliphatic rings. The van der Waals surface area contributed by atoms with Crippen LogP contribution in [-0.2, 0) is 6.42 Å². The third-order valence-electron chi connectivity index (χ3n) is 2.68. The fourth-order valence-corrected chi connectivity index (χ4v) is 3.28. The summed E-state index contributed by atoms with van der Waals surface area (Å²) in [6, 6.07) is 2.84. The van der Waals surface area contributed by atoms with Gasteiger partial charge in [0.15, 0.2) is 0 Å². The van der Waals surface area contributed by atoms with Gasteiger partial charge in [0.1, 0.15) is 0 Å². The first-order chi connectivity index (χ1) is 8.11. The number of nitrogens with zero attached hydrogens (tertiary/aromatic N) is 1. The Morgan fingerprint density at radius 3 is 2.76 bits per heavy atom. The van der Waals surface area contributed by atoms with Crippen LogP contribution < -0.4 is 5.32 Å². The summed E-state index contributed by atoms with van der Waals surface area (Å²) in [4.78, 5) is 3.72. The topological polar surface area (TPSA) is 15.3 Å². The van der Waals surface area contributed by atoms with Crippen LogP contribution in [0.2, 0.25) is 0 Å². The van der Waals surface area contributed by atoms with E-state index in [2.05, 4.69) is 58.6 Å². The molecule has 0 bridgehead atoms. The predicted octanol–water partition coefficient (Wildman–Crippen LogP) is 3.37. The summed E-state index contributed by atoms with van der Waals surface area (Å²) in [6.07, 6.45) is 3.55. The molecule has 1 aromatic rings. The van der Waals surface area contributed by atoms with E-state index in [1.54, 1.807) is 0 Å². The van der Waals surface area contributed by atoms with Crippen molar-refractivity contribution in [2.24, 2.45) is 0 Å².